The van der Waals surface area contributed by atoms with E-state index in [0.29, 0.717) is 13.1 Å². The van der Waals surface area contributed by atoms with Gasteiger partial charge in [-0.25, -0.2) is 4.79 Å². The number of rotatable bonds is 2. The Labute approximate surface area is 64.5 Å². The Bertz CT molecular complexity index is 192. The largest absolute Gasteiger partial charge is 0.368 e. The molecule has 1 rings (SSSR count). The van der Waals surface area contributed by atoms with Crippen LogP contribution < -0.4 is 11.1 Å². The first-order chi connectivity index (χ1) is 5.13. The number of urea groups is 1. The lowest BCUT2D eigenvalue weighted by Crippen LogP contribution is -2.44. The molecule has 11 heavy (non-hydrogen) atoms. The highest BCUT2D eigenvalue weighted by Gasteiger charge is 2.27. The molecule has 1 saturated heterocycles. The Hall–Kier alpha value is -1.26. The Kier molecular flexibility index (Phi) is 1.98. The number of carbonyl (C=O) groups is 2. The molecule has 62 valence electrons. The van der Waals surface area contributed by atoms with Crippen molar-refractivity contribution in [2.24, 2.45) is 5.73 Å². The summed E-state index contributed by atoms with van der Waals surface area (Å²) in [5.41, 5.74) is 5.02. The van der Waals surface area contributed by atoms with Gasteiger partial charge in [0.2, 0.25) is 5.91 Å². The van der Waals surface area contributed by atoms with Crippen molar-refractivity contribution >= 4 is 11.9 Å². The van der Waals surface area contributed by atoms with E-state index < -0.39 is 11.9 Å². The predicted molar refractivity (Wildman–Crippen MR) is 38.8 cm³/mol. The van der Waals surface area contributed by atoms with Crippen LogP contribution >= 0.6 is 0 Å². The molecule has 0 saturated carbocycles. The first kappa shape index (κ1) is 7.84. The van der Waals surface area contributed by atoms with Crippen molar-refractivity contribution in [2.75, 3.05) is 13.1 Å². The molecule has 3 N–H and O–H groups in total. The number of nitrogens with two attached hydrogens (primary N) is 1. The molecule has 1 aliphatic heterocycles. The number of carbonyl (C=O) groups excluding carboxylic acids is 2. The van der Waals surface area contributed by atoms with Crippen molar-refractivity contribution < 1.29 is 9.59 Å². The molecule has 5 nitrogen and oxygen atoms in total. The molecule has 0 aromatic heterocycles. The van der Waals surface area contributed by atoms with Gasteiger partial charge in [0.25, 0.3) is 0 Å². The summed E-state index contributed by atoms with van der Waals surface area (Å²) >= 11 is 0. The first-order valence-electron chi connectivity index (χ1n) is 3.46. The Balaban J connectivity index is 2.59. The molecular formula is C6H11N3O2. The average molecular weight is 157 g/mol. The number of amides is 3. The highest BCUT2D eigenvalue weighted by Crippen LogP contribution is 2.02. The molecule has 1 heterocycles. The van der Waals surface area contributed by atoms with Crippen LogP contribution in [0.3, 0.4) is 0 Å². The van der Waals surface area contributed by atoms with Gasteiger partial charge in [-0.15, -0.1) is 0 Å². The Morgan fingerprint density at radius 2 is 2.45 bits per heavy atom. The van der Waals surface area contributed by atoms with Crippen LogP contribution in [0.25, 0.3) is 0 Å². The number of hydrogen-bond donors (Lipinski definition) is 2. The molecule has 1 atom stereocenters. The zero-order valence-electron chi connectivity index (χ0n) is 6.33. The van der Waals surface area contributed by atoms with Gasteiger partial charge in [0.05, 0.1) is 0 Å². The summed E-state index contributed by atoms with van der Waals surface area (Å²) in [7, 11) is 0. The molecule has 1 unspecified atom stereocenters. The Morgan fingerprint density at radius 1 is 1.82 bits per heavy atom. The molecule has 0 radical (unpaired) electrons. The van der Waals surface area contributed by atoms with Crippen molar-refractivity contribution in [1.29, 1.82) is 0 Å². The topological polar surface area (TPSA) is 75.4 Å². The monoisotopic (exact) mass is 157 g/mol. The standard InChI is InChI=1S/C6H11N3O2/c1-4(5(7)10)9-3-2-8-6(9)11/h4H,2-3H2,1H3,(H2,7,10)(H,8,11). The van der Waals surface area contributed by atoms with Crippen LogP contribution in [0.15, 0.2) is 0 Å². The van der Waals surface area contributed by atoms with E-state index in [-0.39, 0.29) is 6.03 Å². The predicted octanol–water partition coefficient (Wildman–Crippen LogP) is -1.11. The minimum atomic E-state index is -0.502. The van der Waals surface area contributed by atoms with Crippen LogP contribution in [0.1, 0.15) is 6.92 Å². The lowest BCUT2D eigenvalue weighted by atomic mass is 10.3. The second-order valence-corrected chi connectivity index (χ2v) is 2.50. The quantitative estimate of drug-likeness (QED) is 0.533. The summed E-state index contributed by atoms with van der Waals surface area (Å²) in [6.07, 6.45) is 0. The van der Waals surface area contributed by atoms with E-state index in [1.807, 2.05) is 0 Å². The molecule has 0 bridgehead atoms. The maximum absolute atomic E-state index is 10.9. The summed E-state index contributed by atoms with van der Waals surface area (Å²) in [4.78, 5) is 23.0. The van der Waals surface area contributed by atoms with E-state index in [0.717, 1.165) is 0 Å². The SMILES string of the molecule is CC(C(N)=O)N1CCNC1=O. The minimum Gasteiger partial charge on any atom is -0.368 e. The molecule has 0 aromatic carbocycles. The van der Waals surface area contributed by atoms with Gasteiger partial charge in [0.15, 0.2) is 0 Å². The number of nitrogens with one attached hydrogen (secondary N) is 1. The fraction of sp³-hybridized carbons (Fsp3) is 0.667. The zero-order valence-corrected chi connectivity index (χ0v) is 6.33. The van der Waals surface area contributed by atoms with Gasteiger partial charge in [0.1, 0.15) is 6.04 Å². The van der Waals surface area contributed by atoms with Gasteiger partial charge in [-0.05, 0) is 6.92 Å². The number of nitrogens with zero attached hydrogens (tertiary/aromatic N) is 1. The summed E-state index contributed by atoms with van der Waals surface area (Å²) in [5.74, 6) is -0.470. The van der Waals surface area contributed by atoms with Gasteiger partial charge < -0.3 is 16.0 Å². The van der Waals surface area contributed by atoms with Gasteiger partial charge in [0, 0.05) is 13.1 Å². The van der Waals surface area contributed by atoms with E-state index in [2.05, 4.69) is 5.32 Å². The summed E-state index contributed by atoms with van der Waals surface area (Å²) < 4.78 is 0. The van der Waals surface area contributed by atoms with Gasteiger partial charge >= 0.3 is 6.03 Å². The highest BCUT2D eigenvalue weighted by atomic mass is 16.2. The van der Waals surface area contributed by atoms with Gasteiger partial charge in [-0.1, -0.05) is 0 Å². The Morgan fingerprint density at radius 3 is 2.82 bits per heavy atom. The van der Waals surface area contributed by atoms with E-state index >= 15 is 0 Å². The smallest absolute Gasteiger partial charge is 0.318 e. The minimum absolute atomic E-state index is 0.212. The van der Waals surface area contributed by atoms with Crippen molar-refractivity contribution in [1.82, 2.24) is 10.2 Å². The maximum atomic E-state index is 10.9. The zero-order chi connectivity index (χ0) is 8.43. The normalized spacial score (nSPS) is 19.7. The van der Waals surface area contributed by atoms with Gasteiger partial charge in [-0.2, -0.15) is 0 Å². The lowest BCUT2D eigenvalue weighted by molar-refractivity contribution is -0.121. The maximum Gasteiger partial charge on any atom is 0.318 e. The molecule has 0 spiro atoms. The highest BCUT2D eigenvalue weighted by molar-refractivity contribution is 5.86. The summed E-state index contributed by atoms with van der Waals surface area (Å²) in [5, 5.41) is 2.58. The third-order valence-corrected chi connectivity index (χ3v) is 1.77. The third-order valence-electron chi connectivity index (χ3n) is 1.77. The van der Waals surface area contributed by atoms with Crippen LogP contribution in [0.4, 0.5) is 4.79 Å². The van der Waals surface area contributed by atoms with Crippen LogP contribution in [-0.2, 0) is 4.79 Å². The molecular weight excluding hydrogens is 146 g/mol. The lowest BCUT2D eigenvalue weighted by Gasteiger charge is -2.19. The van der Waals surface area contributed by atoms with Crippen LogP contribution in [0.5, 0.6) is 0 Å². The summed E-state index contributed by atoms with van der Waals surface area (Å²) in [6.45, 7) is 2.77. The van der Waals surface area contributed by atoms with Crippen molar-refractivity contribution in [3.63, 3.8) is 0 Å². The van der Waals surface area contributed by atoms with Crippen LogP contribution in [0.2, 0.25) is 0 Å². The molecule has 0 aromatic rings. The molecule has 1 fully saturated rings. The fourth-order valence-corrected chi connectivity index (χ4v) is 1.01. The fourth-order valence-electron chi connectivity index (χ4n) is 1.01. The van der Waals surface area contributed by atoms with Crippen molar-refractivity contribution in [3.8, 4) is 0 Å². The second-order valence-electron chi connectivity index (χ2n) is 2.50. The van der Waals surface area contributed by atoms with E-state index in [9.17, 15) is 9.59 Å². The molecule has 1 aliphatic rings. The van der Waals surface area contributed by atoms with Gasteiger partial charge in [-0.3, -0.25) is 4.79 Å². The van der Waals surface area contributed by atoms with Crippen LogP contribution in [-0.4, -0.2) is 36.0 Å². The van der Waals surface area contributed by atoms with E-state index in [1.54, 1.807) is 6.92 Å². The molecule has 5 heteroatoms. The average Bonchev–Trinajstić information content (AvgIpc) is 2.33. The molecule has 3 amide bonds. The van der Waals surface area contributed by atoms with Crippen molar-refractivity contribution in [3.05, 3.63) is 0 Å². The van der Waals surface area contributed by atoms with E-state index in [1.165, 1.54) is 4.90 Å². The summed E-state index contributed by atoms with van der Waals surface area (Å²) in [6, 6.07) is -0.714. The van der Waals surface area contributed by atoms with Crippen molar-refractivity contribution in [2.45, 2.75) is 13.0 Å². The number of primary amides is 1. The van der Waals surface area contributed by atoms with E-state index in [4.69, 9.17) is 5.73 Å². The number of hydrogen-bond acceptors (Lipinski definition) is 2. The second kappa shape index (κ2) is 2.77. The first-order valence-corrected chi connectivity index (χ1v) is 3.46. The van der Waals surface area contributed by atoms with Crippen LogP contribution in [0, 0.1) is 0 Å². The third kappa shape index (κ3) is 1.42. The molecule has 0 aliphatic carbocycles.